The van der Waals surface area contributed by atoms with E-state index in [1.54, 1.807) is 32.9 Å². The van der Waals surface area contributed by atoms with Crippen LogP contribution in [0.25, 0.3) is 11.3 Å². The van der Waals surface area contributed by atoms with Crippen molar-refractivity contribution in [1.29, 1.82) is 0 Å². The number of anilines is 2. The van der Waals surface area contributed by atoms with Crippen LogP contribution < -0.4 is 10.6 Å². The topological polar surface area (TPSA) is 145 Å². The number of carbonyl (C=O) groups excluding carboxylic acids is 2. The second-order valence-corrected chi connectivity index (χ2v) is 12.6. The summed E-state index contributed by atoms with van der Waals surface area (Å²) >= 11 is 0. The van der Waals surface area contributed by atoms with E-state index in [9.17, 15) is 9.59 Å². The summed E-state index contributed by atoms with van der Waals surface area (Å²) in [6.07, 6.45) is 6.96. The maximum absolute atomic E-state index is 13.3. The number of amides is 2. The third kappa shape index (κ3) is 7.16. The number of aryl methyl sites for hydroxylation is 1. The molecule has 1 aliphatic rings. The number of nitrogens with one attached hydrogen (secondary N) is 2. The number of ether oxygens (including phenoxy) is 1. The molecular weight excluding hydrogens is 548 g/mol. The lowest BCUT2D eigenvalue weighted by Gasteiger charge is -2.26. The predicted octanol–water partition coefficient (Wildman–Crippen LogP) is 4.58. The average molecular weight is 587 g/mol. The van der Waals surface area contributed by atoms with Gasteiger partial charge in [-0.25, -0.2) is 19.4 Å². The first-order valence-corrected chi connectivity index (χ1v) is 14.2. The minimum atomic E-state index is -0.640. The minimum Gasteiger partial charge on any atom is -0.444 e. The lowest BCUT2D eigenvalue weighted by molar-refractivity contribution is 0.0234. The van der Waals surface area contributed by atoms with Crippen molar-refractivity contribution in [2.75, 3.05) is 11.9 Å². The lowest BCUT2D eigenvalue weighted by Crippen LogP contribution is -2.37. The molecule has 5 rings (SSSR count). The smallest absolute Gasteiger partial charge is 0.410 e. The van der Waals surface area contributed by atoms with Crippen LogP contribution in [0, 0.1) is 0 Å². The van der Waals surface area contributed by atoms with Crippen molar-refractivity contribution in [2.24, 2.45) is 7.05 Å². The Balaban J connectivity index is 1.45. The first-order chi connectivity index (χ1) is 20.2. The molecule has 1 aliphatic heterocycles. The van der Waals surface area contributed by atoms with Crippen LogP contribution >= 0.6 is 0 Å². The zero-order chi connectivity index (χ0) is 30.9. The van der Waals surface area contributed by atoms with Crippen LogP contribution in [0.1, 0.15) is 75.6 Å². The van der Waals surface area contributed by atoms with E-state index in [0.717, 1.165) is 22.4 Å². The number of aromatic nitrogens is 7. The monoisotopic (exact) mass is 586 g/mol. The van der Waals surface area contributed by atoms with Gasteiger partial charge in [0.1, 0.15) is 5.60 Å². The highest BCUT2D eigenvalue weighted by Gasteiger charge is 2.30. The standard InChI is InChI=1S/C30H38N10O3/c1-29(2,3)40-18-25(36-37-40)26(41)34-24-11-13-39(28(42)43-30(4,5)6)16-20-14-19(8-9-22(20)24)23-10-12-31-27(35-23)33-21-15-32-38(7)17-21/h8-10,12,14-15,17-18,24H,11,13,16H2,1-7H3,(H,34,41)(H,31,33,35)/t24-/m1/s1. The number of benzene rings is 1. The Morgan fingerprint density at radius 1 is 1.07 bits per heavy atom. The third-order valence-corrected chi connectivity index (χ3v) is 6.85. The second kappa shape index (κ2) is 11.5. The van der Waals surface area contributed by atoms with Gasteiger partial charge in [0.15, 0.2) is 5.69 Å². The first-order valence-electron chi connectivity index (χ1n) is 14.2. The summed E-state index contributed by atoms with van der Waals surface area (Å²) in [4.78, 5) is 37.2. The maximum atomic E-state index is 13.3. The van der Waals surface area contributed by atoms with Gasteiger partial charge in [-0.2, -0.15) is 5.10 Å². The second-order valence-electron chi connectivity index (χ2n) is 12.6. The van der Waals surface area contributed by atoms with E-state index in [1.807, 2.05) is 79.1 Å². The van der Waals surface area contributed by atoms with Crippen LogP contribution in [0.2, 0.25) is 0 Å². The van der Waals surface area contributed by atoms with Gasteiger partial charge in [0.2, 0.25) is 5.95 Å². The fourth-order valence-corrected chi connectivity index (χ4v) is 4.72. The van der Waals surface area contributed by atoms with Gasteiger partial charge in [-0.15, -0.1) is 5.10 Å². The molecule has 0 bridgehead atoms. The number of hydrogen-bond acceptors (Lipinski definition) is 9. The van der Waals surface area contributed by atoms with Crippen LogP contribution in [0.3, 0.4) is 0 Å². The summed E-state index contributed by atoms with van der Waals surface area (Å²) < 4.78 is 9.06. The number of hydrogen-bond donors (Lipinski definition) is 2. The molecule has 4 heterocycles. The molecule has 0 saturated heterocycles. The van der Waals surface area contributed by atoms with Crippen molar-refractivity contribution in [3.8, 4) is 11.3 Å². The van der Waals surface area contributed by atoms with Gasteiger partial charge in [-0.3, -0.25) is 9.48 Å². The zero-order valence-corrected chi connectivity index (χ0v) is 25.6. The van der Waals surface area contributed by atoms with Gasteiger partial charge in [0.05, 0.1) is 35.4 Å². The zero-order valence-electron chi connectivity index (χ0n) is 25.6. The molecule has 4 aromatic rings. The lowest BCUT2D eigenvalue weighted by atomic mass is 9.96. The Morgan fingerprint density at radius 3 is 2.53 bits per heavy atom. The van der Waals surface area contributed by atoms with Gasteiger partial charge in [0, 0.05) is 38.1 Å². The normalized spacial score (nSPS) is 15.4. The van der Waals surface area contributed by atoms with Crippen molar-refractivity contribution < 1.29 is 14.3 Å². The van der Waals surface area contributed by atoms with Gasteiger partial charge in [0.25, 0.3) is 5.91 Å². The molecular formula is C30H38N10O3. The summed E-state index contributed by atoms with van der Waals surface area (Å²) in [6.45, 7) is 12.2. The molecule has 3 aromatic heterocycles. The summed E-state index contributed by atoms with van der Waals surface area (Å²) in [5.41, 5.74) is 3.40. The summed E-state index contributed by atoms with van der Waals surface area (Å²) in [5.74, 6) is 0.104. The maximum Gasteiger partial charge on any atom is 0.410 e. The number of rotatable bonds is 5. The van der Waals surface area contributed by atoms with Crippen LogP contribution in [-0.2, 0) is 23.9 Å². The van der Waals surface area contributed by atoms with Gasteiger partial charge in [-0.05, 0) is 71.2 Å². The highest BCUT2D eigenvalue weighted by atomic mass is 16.6. The molecule has 0 fully saturated rings. The molecule has 13 heteroatoms. The quantitative estimate of drug-likeness (QED) is 0.343. The summed E-state index contributed by atoms with van der Waals surface area (Å²) in [6, 6.07) is 7.42. The highest BCUT2D eigenvalue weighted by Crippen LogP contribution is 2.32. The Labute approximate surface area is 250 Å². The number of carbonyl (C=O) groups is 2. The van der Waals surface area contributed by atoms with Crippen molar-refractivity contribution in [1.82, 2.24) is 45.0 Å². The Kier molecular flexibility index (Phi) is 7.91. The van der Waals surface area contributed by atoms with Crippen molar-refractivity contribution >= 4 is 23.6 Å². The fraction of sp³-hybridized carbons (Fsp3) is 0.433. The molecule has 0 radical (unpaired) electrons. The molecule has 2 N–H and O–H groups in total. The molecule has 0 unspecified atom stereocenters. The third-order valence-electron chi connectivity index (χ3n) is 6.85. The molecule has 43 heavy (non-hydrogen) atoms. The summed E-state index contributed by atoms with van der Waals surface area (Å²) in [7, 11) is 1.84. The van der Waals surface area contributed by atoms with Crippen LogP contribution in [0.5, 0.6) is 0 Å². The molecule has 0 aliphatic carbocycles. The molecule has 0 spiro atoms. The van der Waals surface area contributed by atoms with Crippen molar-refractivity contribution in [3.63, 3.8) is 0 Å². The summed E-state index contributed by atoms with van der Waals surface area (Å²) in [5, 5.41) is 18.7. The Bertz CT molecular complexity index is 1630. The van der Waals surface area contributed by atoms with E-state index in [-0.39, 0.29) is 23.2 Å². The van der Waals surface area contributed by atoms with E-state index >= 15 is 0 Å². The largest absolute Gasteiger partial charge is 0.444 e. The minimum absolute atomic E-state index is 0.232. The van der Waals surface area contributed by atoms with E-state index in [2.05, 4.69) is 31.0 Å². The van der Waals surface area contributed by atoms with Gasteiger partial charge in [-0.1, -0.05) is 17.3 Å². The van der Waals surface area contributed by atoms with Crippen molar-refractivity contribution in [2.45, 2.75) is 71.7 Å². The average Bonchev–Trinajstić information content (AvgIpc) is 3.55. The molecule has 1 aromatic carbocycles. The van der Waals surface area contributed by atoms with Gasteiger partial charge < -0.3 is 20.3 Å². The molecule has 13 nitrogen and oxygen atoms in total. The molecule has 226 valence electrons. The first kappa shape index (κ1) is 29.7. The van der Waals surface area contributed by atoms with Crippen LogP contribution in [0.15, 0.2) is 49.1 Å². The van der Waals surface area contributed by atoms with E-state index < -0.39 is 11.7 Å². The van der Waals surface area contributed by atoms with Gasteiger partial charge >= 0.3 is 6.09 Å². The van der Waals surface area contributed by atoms with E-state index in [0.29, 0.717) is 31.2 Å². The fourth-order valence-electron chi connectivity index (χ4n) is 4.72. The Hall–Kier alpha value is -4.81. The number of fused-ring (bicyclic) bond motifs is 1. The number of nitrogens with zero attached hydrogens (tertiary/aromatic N) is 8. The van der Waals surface area contributed by atoms with Crippen molar-refractivity contribution in [3.05, 3.63) is 65.9 Å². The molecule has 2 amide bonds. The Morgan fingerprint density at radius 2 is 1.86 bits per heavy atom. The SMILES string of the molecule is Cn1cc(Nc2nccc(-c3ccc4c(c3)CN(C(=O)OC(C)(C)C)CC[C@H]4NC(=O)c3cn(C(C)(C)C)nn3)n2)cn1. The van der Waals surface area contributed by atoms with E-state index in [4.69, 9.17) is 9.72 Å². The van der Waals surface area contributed by atoms with Crippen LogP contribution in [0.4, 0.5) is 16.4 Å². The molecule has 1 atom stereocenters. The highest BCUT2D eigenvalue weighted by molar-refractivity contribution is 5.92. The molecule has 0 saturated carbocycles. The van der Waals surface area contributed by atoms with Crippen LogP contribution in [-0.4, -0.2) is 63.8 Å². The van der Waals surface area contributed by atoms with E-state index in [1.165, 1.54) is 0 Å². The predicted molar refractivity (Wildman–Crippen MR) is 160 cm³/mol.